The number of carbonyl (C=O) groups excluding carboxylic acids is 2. The Kier molecular flexibility index (Phi) is 4.65. The molecule has 0 spiro atoms. The SMILES string of the molecule is N=Cc1cc(O)ccc1Nc1cccc(C(=O)N2CCNC(=O)C2)c1. The van der Waals surface area contributed by atoms with Crippen LogP contribution in [0.5, 0.6) is 5.75 Å². The topological polar surface area (TPSA) is 106 Å². The molecule has 1 saturated heterocycles. The van der Waals surface area contributed by atoms with E-state index in [0.29, 0.717) is 35.6 Å². The number of nitrogens with one attached hydrogen (secondary N) is 3. The molecule has 7 heteroatoms. The molecule has 25 heavy (non-hydrogen) atoms. The average molecular weight is 338 g/mol. The first-order chi connectivity index (χ1) is 12.1. The van der Waals surface area contributed by atoms with Crippen LogP contribution in [-0.4, -0.2) is 47.7 Å². The van der Waals surface area contributed by atoms with E-state index in [-0.39, 0.29) is 24.1 Å². The van der Waals surface area contributed by atoms with E-state index < -0.39 is 0 Å². The number of benzene rings is 2. The van der Waals surface area contributed by atoms with Crippen molar-refractivity contribution in [2.75, 3.05) is 25.0 Å². The second-order valence-corrected chi connectivity index (χ2v) is 5.70. The molecule has 2 aromatic carbocycles. The number of amides is 2. The number of piperazine rings is 1. The zero-order valence-corrected chi connectivity index (χ0v) is 13.5. The molecule has 1 aliphatic rings. The number of hydrogen-bond donors (Lipinski definition) is 4. The maximum Gasteiger partial charge on any atom is 0.254 e. The van der Waals surface area contributed by atoms with Crippen molar-refractivity contribution in [3.05, 3.63) is 53.6 Å². The van der Waals surface area contributed by atoms with E-state index in [2.05, 4.69) is 10.6 Å². The van der Waals surface area contributed by atoms with Crippen molar-refractivity contribution >= 4 is 29.4 Å². The molecule has 0 saturated carbocycles. The van der Waals surface area contributed by atoms with Gasteiger partial charge >= 0.3 is 0 Å². The fourth-order valence-corrected chi connectivity index (χ4v) is 2.66. The van der Waals surface area contributed by atoms with Crippen molar-refractivity contribution in [3.63, 3.8) is 0 Å². The lowest BCUT2D eigenvalue weighted by molar-refractivity contribution is -0.123. The van der Waals surface area contributed by atoms with Crippen molar-refractivity contribution in [2.45, 2.75) is 0 Å². The van der Waals surface area contributed by atoms with Gasteiger partial charge in [0.25, 0.3) is 5.91 Å². The molecule has 0 unspecified atom stereocenters. The second kappa shape index (κ2) is 7.04. The summed E-state index contributed by atoms with van der Waals surface area (Å²) in [5, 5.41) is 22.8. The van der Waals surface area contributed by atoms with Gasteiger partial charge in [-0.15, -0.1) is 0 Å². The van der Waals surface area contributed by atoms with Gasteiger partial charge in [0.2, 0.25) is 5.91 Å². The van der Waals surface area contributed by atoms with Crippen molar-refractivity contribution in [3.8, 4) is 5.75 Å². The van der Waals surface area contributed by atoms with Crippen LogP contribution in [0.4, 0.5) is 11.4 Å². The summed E-state index contributed by atoms with van der Waals surface area (Å²) in [6, 6.07) is 11.6. The highest BCUT2D eigenvalue weighted by Gasteiger charge is 2.22. The highest BCUT2D eigenvalue weighted by Crippen LogP contribution is 2.24. The van der Waals surface area contributed by atoms with E-state index in [0.717, 1.165) is 6.21 Å². The Hall–Kier alpha value is -3.35. The van der Waals surface area contributed by atoms with Gasteiger partial charge in [-0.3, -0.25) is 9.59 Å². The normalized spacial score (nSPS) is 13.9. The summed E-state index contributed by atoms with van der Waals surface area (Å²) in [6.45, 7) is 1.00. The molecule has 3 rings (SSSR count). The lowest BCUT2D eigenvalue weighted by atomic mass is 10.1. The summed E-state index contributed by atoms with van der Waals surface area (Å²) in [5.41, 5.74) is 2.34. The van der Waals surface area contributed by atoms with Crippen LogP contribution in [-0.2, 0) is 4.79 Å². The summed E-state index contributed by atoms with van der Waals surface area (Å²) in [7, 11) is 0. The number of aromatic hydroxyl groups is 1. The Morgan fingerprint density at radius 3 is 2.88 bits per heavy atom. The minimum atomic E-state index is -0.198. The van der Waals surface area contributed by atoms with E-state index >= 15 is 0 Å². The van der Waals surface area contributed by atoms with Crippen LogP contribution in [0.1, 0.15) is 15.9 Å². The zero-order valence-electron chi connectivity index (χ0n) is 13.5. The van der Waals surface area contributed by atoms with Gasteiger partial charge in [0, 0.05) is 41.8 Å². The molecule has 0 atom stereocenters. The van der Waals surface area contributed by atoms with Crippen molar-refractivity contribution < 1.29 is 14.7 Å². The van der Waals surface area contributed by atoms with Crippen LogP contribution in [0.25, 0.3) is 0 Å². The quantitative estimate of drug-likeness (QED) is 0.503. The molecule has 2 amide bonds. The molecular weight excluding hydrogens is 320 g/mol. The van der Waals surface area contributed by atoms with Crippen LogP contribution in [0, 0.1) is 5.41 Å². The standard InChI is InChI=1S/C18H18N4O3/c19-10-13-9-15(23)4-5-16(13)21-14-3-1-2-12(8-14)18(25)22-7-6-20-17(24)11-22/h1-5,8-10,19,21,23H,6-7,11H2,(H,20,24). The first-order valence-corrected chi connectivity index (χ1v) is 7.83. The number of hydrogen-bond acceptors (Lipinski definition) is 5. The molecule has 1 aliphatic heterocycles. The summed E-state index contributed by atoms with van der Waals surface area (Å²) in [5.74, 6) is -0.276. The molecule has 0 radical (unpaired) electrons. The third kappa shape index (κ3) is 3.77. The predicted molar refractivity (Wildman–Crippen MR) is 94.6 cm³/mol. The lowest BCUT2D eigenvalue weighted by Crippen LogP contribution is -2.49. The third-order valence-corrected chi connectivity index (χ3v) is 3.90. The van der Waals surface area contributed by atoms with Crippen LogP contribution < -0.4 is 10.6 Å². The monoisotopic (exact) mass is 338 g/mol. The van der Waals surface area contributed by atoms with E-state index in [1.54, 1.807) is 30.3 Å². The maximum atomic E-state index is 12.6. The number of carbonyl (C=O) groups is 2. The maximum absolute atomic E-state index is 12.6. The van der Waals surface area contributed by atoms with Gasteiger partial charge in [-0.05, 0) is 36.4 Å². The van der Waals surface area contributed by atoms with Gasteiger partial charge in [-0.2, -0.15) is 0 Å². The minimum Gasteiger partial charge on any atom is -0.508 e. The summed E-state index contributed by atoms with van der Waals surface area (Å²) in [4.78, 5) is 25.5. The van der Waals surface area contributed by atoms with Gasteiger partial charge in [0.1, 0.15) is 5.75 Å². The Labute approximate surface area is 144 Å². The smallest absolute Gasteiger partial charge is 0.254 e. The number of rotatable bonds is 4. The molecule has 128 valence electrons. The molecule has 0 bridgehead atoms. The Morgan fingerprint density at radius 1 is 1.28 bits per heavy atom. The Morgan fingerprint density at radius 2 is 2.12 bits per heavy atom. The van der Waals surface area contributed by atoms with Gasteiger partial charge in [0.15, 0.2) is 0 Å². The second-order valence-electron chi connectivity index (χ2n) is 5.70. The van der Waals surface area contributed by atoms with Gasteiger partial charge in [-0.25, -0.2) is 0 Å². The number of phenolic OH excluding ortho intramolecular Hbond substituents is 1. The molecular formula is C18H18N4O3. The summed E-state index contributed by atoms with van der Waals surface area (Å²) < 4.78 is 0. The highest BCUT2D eigenvalue weighted by atomic mass is 16.3. The van der Waals surface area contributed by atoms with Crippen LogP contribution in [0.2, 0.25) is 0 Å². The number of anilines is 2. The molecule has 2 aromatic rings. The van der Waals surface area contributed by atoms with Crippen LogP contribution >= 0.6 is 0 Å². The number of nitrogens with zero attached hydrogens (tertiary/aromatic N) is 1. The average Bonchev–Trinajstić information content (AvgIpc) is 2.63. The zero-order chi connectivity index (χ0) is 17.8. The first kappa shape index (κ1) is 16.5. The van der Waals surface area contributed by atoms with Crippen molar-refractivity contribution in [1.29, 1.82) is 5.41 Å². The van der Waals surface area contributed by atoms with Crippen LogP contribution in [0.15, 0.2) is 42.5 Å². The van der Waals surface area contributed by atoms with Gasteiger partial charge in [-0.1, -0.05) is 6.07 Å². The molecule has 1 fully saturated rings. The fraction of sp³-hybridized carbons (Fsp3) is 0.167. The molecule has 7 nitrogen and oxygen atoms in total. The molecule has 0 aliphatic carbocycles. The Bertz CT molecular complexity index is 835. The molecule has 0 aromatic heterocycles. The first-order valence-electron chi connectivity index (χ1n) is 7.83. The molecule has 1 heterocycles. The summed E-state index contributed by atoms with van der Waals surface area (Å²) >= 11 is 0. The predicted octanol–water partition coefficient (Wildman–Crippen LogP) is 1.71. The molecule has 4 N–H and O–H groups in total. The largest absolute Gasteiger partial charge is 0.508 e. The third-order valence-electron chi connectivity index (χ3n) is 3.90. The van der Waals surface area contributed by atoms with Crippen molar-refractivity contribution in [2.24, 2.45) is 0 Å². The van der Waals surface area contributed by atoms with Gasteiger partial charge < -0.3 is 26.0 Å². The van der Waals surface area contributed by atoms with E-state index in [1.807, 2.05) is 0 Å². The van der Waals surface area contributed by atoms with Gasteiger partial charge in [0.05, 0.1) is 6.54 Å². The highest BCUT2D eigenvalue weighted by molar-refractivity contribution is 5.98. The van der Waals surface area contributed by atoms with Crippen molar-refractivity contribution in [1.82, 2.24) is 10.2 Å². The lowest BCUT2D eigenvalue weighted by Gasteiger charge is -2.26. The number of phenols is 1. The summed E-state index contributed by atoms with van der Waals surface area (Å²) in [6.07, 6.45) is 1.14. The van der Waals surface area contributed by atoms with E-state index in [1.165, 1.54) is 17.0 Å². The van der Waals surface area contributed by atoms with E-state index in [4.69, 9.17) is 5.41 Å². The Balaban J connectivity index is 1.81. The van der Waals surface area contributed by atoms with E-state index in [9.17, 15) is 14.7 Å². The minimum absolute atomic E-state index is 0.0619. The fourth-order valence-electron chi connectivity index (χ4n) is 2.66. The van der Waals surface area contributed by atoms with Crippen LogP contribution in [0.3, 0.4) is 0 Å².